The molecular formula is C29H31NO5. The third kappa shape index (κ3) is 7.17. The number of carbonyl (C=O) groups is 2. The van der Waals surface area contributed by atoms with Gasteiger partial charge in [0.25, 0.3) is 0 Å². The molecule has 1 saturated heterocycles. The van der Waals surface area contributed by atoms with Crippen molar-refractivity contribution in [2.75, 3.05) is 26.3 Å². The highest BCUT2D eigenvalue weighted by atomic mass is 16.5. The van der Waals surface area contributed by atoms with Crippen LogP contribution in [0.3, 0.4) is 0 Å². The number of carboxylic acid groups (broad SMARTS) is 1. The van der Waals surface area contributed by atoms with Gasteiger partial charge in [-0.05, 0) is 60.7 Å². The lowest BCUT2D eigenvalue weighted by molar-refractivity contribution is -0.146. The second-order valence-corrected chi connectivity index (χ2v) is 8.93. The van der Waals surface area contributed by atoms with E-state index in [0.717, 1.165) is 38.0 Å². The van der Waals surface area contributed by atoms with Crippen molar-refractivity contribution in [3.05, 3.63) is 102 Å². The number of carbonyl (C=O) groups excluding carboxylic acids is 1. The molecule has 1 heterocycles. The highest BCUT2D eigenvalue weighted by Crippen LogP contribution is 2.29. The molecule has 0 aromatic heterocycles. The van der Waals surface area contributed by atoms with Crippen LogP contribution in [-0.2, 0) is 20.9 Å². The summed E-state index contributed by atoms with van der Waals surface area (Å²) >= 11 is 0. The lowest BCUT2D eigenvalue weighted by atomic mass is 9.91. The first kappa shape index (κ1) is 24.5. The van der Waals surface area contributed by atoms with Gasteiger partial charge in [0.1, 0.15) is 11.7 Å². The largest absolute Gasteiger partial charge is 0.482 e. The highest BCUT2D eigenvalue weighted by molar-refractivity contribution is 5.82. The first-order chi connectivity index (χ1) is 17.1. The fourth-order valence-electron chi connectivity index (χ4n) is 4.48. The van der Waals surface area contributed by atoms with Crippen LogP contribution in [0.15, 0.2) is 84.9 Å². The lowest BCUT2D eigenvalue weighted by Crippen LogP contribution is -2.35. The number of ether oxygens (including phenoxy) is 2. The Morgan fingerprint density at radius 2 is 1.54 bits per heavy atom. The second kappa shape index (κ2) is 12.2. The molecule has 35 heavy (non-hydrogen) atoms. The van der Waals surface area contributed by atoms with Crippen LogP contribution in [0.25, 0.3) is 0 Å². The van der Waals surface area contributed by atoms with Gasteiger partial charge in [-0.25, -0.2) is 4.79 Å². The minimum Gasteiger partial charge on any atom is -0.482 e. The molecule has 0 spiro atoms. The molecule has 3 aromatic rings. The van der Waals surface area contributed by atoms with Crippen molar-refractivity contribution in [2.45, 2.75) is 25.3 Å². The smallest absolute Gasteiger partial charge is 0.341 e. The number of carboxylic acids is 1. The maximum absolute atomic E-state index is 13.3. The summed E-state index contributed by atoms with van der Waals surface area (Å²) in [5.74, 6) is -1.22. The minimum atomic E-state index is -1.05. The van der Waals surface area contributed by atoms with Crippen LogP contribution in [0.5, 0.6) is 5.75 Å². The topological polar surface area (TPSA) is 76.1 Å². The number of aliphatic carboxylic acids is 1. The van der Waals surface area contributed by atoms with Crippen LogP contribution < -0.4 is 4.74 Å². The Morgan fingerprint density at radius 3 is 2.23 bits per heavy atom. The zero-order valence-corrected chi connectivity index (χ0v) is 19.7. The van der Waals surface area contributed by atoms with E-state index in [-0.39, 0.29) is 5.97 Å². The van der Waals surface area contributed by atoms with Gasteiger partial charge in [0, 0.05) is 6.54 Å². The van der Waals surface area contributed by atoms with Crippen molar-refractivity contribution in [1.82, 2.24) is 4.90 Å². The number of piperidine rings is 1. The van der Waals surface area contributed by atoms with Crippen molar-refractivity contribution in [3.63, 3.8) is 0 Å². The van der Waals surface area contributed by atoms with Crippen molar-refractivity contribution >= 4 is 11.9 Å². The van der Waals surface area contributed by atoms with Gasteiger partial charge in [-0.3, -0.25) is 9.69 Å². The summed E-state index contributed by atoms with van der Waals surface area (Å²) < 4.78 is 11.2. The van der Waals surface area contributed by atoms with Gasteiger partial charge in [-0.1, -0.05) is 72.8 Å². The van der Waals surface area contributed by atoms with Gasteiger partial charge < -0.3 is 14.6 Å². The van der Waals surface area contributed by atoms with Crippen LogP contribution in [0.4, 0.5) is 0 Å². The first-order valence-electron chi connectivity index (χ1n) is 12.0. The Balaban J connectivity index is 1.37. The molecule has 0 amide bonds. The van der Waals surface area contributed by atoms with Gasteiger partial charge in [-0.15, -0.1) is 0 Å². The zero-order valence-electron chi connectivity index (χ0n) is 19.7. The standard InChI is InChI=1S/C29H31NO5/c31-27(32)21-34-26-13-7-12-25(18-26)28(24-10-5-2-6-11-24)29(33)35-20-23-14-16-30(17-15-23)19-22-8-3-1-4-9-22/h1-13,18,23,28H,14-17,19-21H2,(H,31,32). The Kier molecular flexibility index (Phi) is 8.52. The highest BCUT2D eigenvalue weighted by Gasteiger charge is 2.27. The number of benzene rings is 3. The van der Waals surface area contributed by atoms with E-state index >= 15 is 0 Å². The van der Waals surface area contributed by atoms with Crippen LogP contribution in [0, 0.1) is 5.92 Å². The summed E-state index contributed by atoms with van der Waals surface area (Å²) in [7, 11) is 0. The molecular weight excluding hydrogens is 442 g/mol. The van der Waals surface area contributed by atoms with E-state index in [1.165, 1.54) is 5.56 Å². The summed E-state index contributed by atoms with van der Waals surface area (Å²) in [5, 5.41) is 8.90. The molecule has 0 aliphatic carbocycles. The molecule has 1 N–H and O–H groups in total. The number of nitrogens with zero attached hydrogens (tertiary/aromatic N) is 1. The van der Waals surface area contributed by atoms with Crippen LogP contribution in [-0.4, -0.2) is 48.2 Å². The zero-order chi connectivity index (χ0) is 24.5. The average molecular weight is 474 g/mol. The van der Waals surface area contributed by atoms with Crippen molar-refractivity contribution in [1.29, 1.82) is 0 Å². The molecule has 6 nitrogen and oxygen atoms in total. The number of hydrogen-bond donors (Lipinski definition) is 1. The number of hydrogen-bond acceptors (Lipinski definition) is 5. The predicted octanol–water partition coefficient (Wildman–Crippen LogP) is 4.74. The number of rotatable bonds is 10. The van der Waals surface area contributed by atoms with E-state index < -0.39 is 18.5 Å². The molecule has 1 aliphatic rings. The van der Waals surface area contributed by atoms with Crippen LogP contribution in [0.1, 0.15) is 35.4 Å². The third-order valence-corrected chi connectivity index (χ3v) is 6.34. The van der Waals surface area contributed by atoms with E-state index in [0.29, 0.717) is 23.8 Å². The summed E-state index contributed by atoms with van der Waals surface area (Å²) in [5.41, 5.74) is 2.85. The number of likely N-dealkylation sites (tertiary alicyclic amines) is 1. The Hall–Kier alpha value is -3.64. The Bertz CT molecular complexity index is 1090. The van der Waals surface area contributed by atoms with E-state index in [9.17, 15) is 9.59 Å². The van der Waals surface area contributed by atoms with Crippen molar-refractivity contribution in [2.24, 2.45) is 5.92 Å². The molecule has 1 fully saturated rings. The Morgan fingerprint density at radius 1 is 0.886 bits per heavy atom. The van der Waals surface area contributed by atoms with Crippen molar-refractivity contribution < 1.29 is 24.2 Å². The normalized spacial score (nSPS) is 15.3. The van der Waals surface area contributed by atoms with E-state index in [1.807, 2.05) is 42.5 Å². The molecule has 0 radical (unpaired) electrons. The second-order valence-electron chi connectivity index (χ2n) is 8.93. The molecule has 0 saturated carbocycles. The molecule has 1 unspecified atom stereocenters. The van der Waals surface area contributed by atoms with Crippen LogP contribution >= 0.6 is 0 Å². The average Bonchev–Trinajstić information content (AvgIpc) is 2.89. The molecule has 4 rings (SSSR count). The fourth-order valence-corrected chi connectivity index (χ4v) is 4.48. The summed E-state index contributed by atoms with van der Waals surface area (Å²) in [6, 6.07) is 27.0. The maximum Gasteiger partial charge on any atom is 0.341 e. The fraction of sp³-hybridized carbons (Fsp3) is 0.310. The summed E-state index contributed by atoms with van der Waals surface area (Å²) in [6.07, 6.45) is 1.99. The van der Waals surface area contributed by atoms with E-state index in [4.69, 9.17) is 14.6 Å². The third-order valence-electron chi connectivity index (χ3n) is 6.34. The maximum atomic E-state index is 13.3. The SMILES string of the molecule is O=C(O)COc1cccc(C(C(=O)OCC2CCN(Cc3ccccc3)CC2)c2ccccc2)c1. The molecule has 1 aliphatic heterocycles. The minimum absolute atomic E-state index is 0.307. The molecule has 182 valence electrons. The molecule has 1 atom stereocenters. The van der Waals surface area contributed by atoms with Gasteiger partial charge in [0.05, 0.1) is 6.61 Å². The van der Waals surface area contributed by atoms with E-state index in [2.05, 4.69) is 29.2 Å². The lowest BCUT2D eigenvalue weighted by Gasteiger charge is -2.32. The van der Waals surface area contributed by atoms with Gasteiger partial charge >= 0.3 is 11.9 Å². The predicted molar refractivity (Wildman–Crippen MR) is 133 cm³/mol. The summed E-state index contributed by atoms with van der Waals surface area (Å²) in [4.78, 5) is 26.6. The van der Waals surface area contributed by atoms with Crippen LogP contribution in [0.2, 0.25) is 0 Å². The quantitative estimate of drug-likeness (QED) is 0.429. The van der Waals surface area contributed by atoms with Gasteiger partial charge in [0.15, 0.2) is 6.61 Å². The molecule has 0 bridgehead atoms. The van der Waals surface area contributed by atoms with E-state index in [1.54, 1.807) is 18.2 Å². The van der Waals surface area contributed by atoms with Crippen molar-refractivity contribution in [3.8, 4) is 5.75 Å². The molecule has 3 aromatic carbocycles. The number of esters is 1. The Labute approximate surface area is 206 Å². The monoisotopic (exact) mass is 473 g/mol. The summed E-state index contributed by atoms with van der Waals surface area (Å²) in [6.45, 7) is 2.89. The molecule has 6 heteroatoms. The first-order valence-corrected chi connectivity index (χ1v) is 12.0. The van der Waals surface area contributed by atoms with Gasteiger partial charge in [-0.2, -0.15) is 0 Å². The van der Waals surface area contributed by atoms with Gasteiger partial charge in [0.2, 0.25) is 0 Å².